The monoisotopic (exact) mass is 251 g/mol. The number of piperidine rings is 1. The van der Waals surface area contributed by atoms with Crippen molar-refractivity contribution >= 4 is 5.91 Å². The SMILES string of the molecule is Cc1cc(C(=O)NCCN2CCCC(C)C2)on1. The van der Waals surface area contributed by atoms with E-state index in [9.17, 15) is 4.79 Å². The molecule has 2 heterocycles. The molecule has 1 saturated heterocycles. The molecule has 1 N–H and O–H groups in total. The highest BCUT2D eigenvalue weighted by Gasteiger charge is 2.16. The zero-order valence-electron chi connectivity index (χ0n) is 11.1. The van der Waals surface area contributed by atoms with Crippen molar-refractivity contribution in [2.24, 2.45) is 5.92 Å². The Bertz CT molecular complexity index is 403. The maximum atomic E-state index is 11.7. The van der Waals surface area contributed by atoms with Gasteiger partial charge in [0.15, 0.2) is 0 Å². The average Bonchev–Trinajstić information content (AvgIpc) is 2.76. The maximum Gasteiger partial charge on any atom is 0.289 e. The molecule has 0 aromatic carbocycles. The van der Waals surface area contributed by atoms with Gasteiger partial charge < -0.3 is 14.7 Å². The molecule has 1 aromatic heterocycles. The molecule has 1 aliphatic heterocycles. The first-order valence-corrected chi connectivity index (χ1v) is 6.59. The van der Waals surface area contributed by atoms with Gasteiger partial charge in [-0.15, -0.1) is 0 Å². The van der Waals surface area contributed by atoms with Gasteiger partial charge in [0.25, 0.3) is 5.91 Å². The quantitative estimate of drug-likeness (QED) is 0.880. The van der Waals surface area contributed by atoms with Crippen LogP contribution < -0.4 is 5.32 Å². The number of aryl methyl sites for hydroxylation is 1. The van der Waals surface area contributed by atoms with Crippen LogP contribution in [-0.4, -0.2) is 42.1 Å². The molecule has 1 atom stereocenters. The van der Waals surface area contributed by atoms with Gasteiger partial charge in [-0.1, -0.05) is 12.1 Å². The lowest BCUT2D eigenvalue weighted by atomic mass is 10.0. The molecule has 1 unspecified atom stereocenters. The second kappa shape index (κ2) is 6.00. The Morgan fingerprint density at radius 3 is 3.17 bits per heavy atom. The number of amides is 1. The van der Waals surface area contributed by atoms with Gasteiger partial charge >= 0.3 is 0 Å². The second-order valence-electron chi connectivity index (χ2n) is 5.14. The topological polar surface area (TPSA) is 58.4 Å². The van der Waals surface area contributed by atoms with Crippen molar-refractivity contribution in [1.82, 2.24) is 15.4 Å². The summed E-state index contributed by atoms with van der Waals surface area (Å²) in [5, 5.41) is 6.56. The first kappa shape index (κ1) is 13.1. The van der Waals surface area contributed by atoms with Gasteiger partial charge in [0, 0.05) is 25.7 Å². The Hall–Kier alpha value is -1.36. The van der Waals surface area contributed by atoms with Crippen LogP contribution in [0, 0.1) is 12.8 Å². The number of likely N-dealkylation sites (tertiary alicyclic amines) is 1. The summed E-state index contributed by atoms with van der Waals surface area (Å²) in [5.41, 5.74) is 0.727. The summed E-state index contributed by atoms with van der Waals surface area (Å²) in [6.07, 6.45) is 2.58. The number of rotatable bonds is 4. The van der Waals surface area contributed by atoms with Gasteiger partial charge in [-0.2, -0.15) is 0 Å². The van der Waals surface area contributed by atoms with E-state index in [0.717, 1.165) is 31.2 Å². The van der Waals surface area contributed by atoms with Crippen LogP contribution in [0.15, 0.2) is 10.6 Å². The van der Waals surface area contributed by atoms with E-state index in [1.54, 1.807) is 13.0 Å². The minimum Gasteiger partial charge on any atom is -0.351 e. The summed E-state index contributed by atoms with van der Waals surface area (Å²) in [4.78, 5) is 14.1. The molecular formula is C13H21N3O2. The van der Waals surface area contributed by atoms with Gasteiger partial charge in [-0.3, -0.25) is 4.79 Å². The van der Waals surface area contributed by atoms with E-state index in [1.165, 1.54) is 12.8 Å². The second-order valence-corrected chi connectivity index (χ2v) is 5.14. The largest absolute Gasteiger partial charge is 0.351 e. The predicted octanol–water partition coefficient (Wildman–Crippen LogP) is 1.44. The van der Waals surface area contributed by atoms with Crippen LogP contribution in [-0.2, 0) is 0 Å². The third-order valence-corrected chi connectivity index (χ3v) is 3.31. The summed E-state index contributed by atoms with van der Waals surface area (Å²) in [5.74, 6) is 0.881. The van der Waals surface area contributed by atoms with Crippen LogP contribution >= 0.6 is 0 Å². The summed E-state index contributed by atoms with van der Waals surface area (Å²) in [7, 11) is 0. The maximum absolute atomic E-state index is 11.7. The fourth-order valence-electron chi connectivity index (χ4n) is 2.38. The van der Waals surface area contributed by atoms with Crippen LogP contribution in [0.3, 0.4) is 0 Å². The normalized spacial score (nSPS) is 20.9. The fraction of sp³-hybridized carbons (Fsp3) is 0.692. The van der Waals surface area contributed by atoms with E-state index in [1.807, 2.05) is 0 Å². The fourth-order valence-corrected chi connectivity index (χ4v) is 2.38. The smallest absolute Gasteiger partial charge is 0.289 e. The molecule has 0 bridgehead atoms. The predicted molar refractivity (Wildman–Crippen MR) is 68.4 cm³/mol. The Kier molecular flexibility index (Phi) is 4.36. The number of hydrogen-bond donors (Lipinski definition) is 1. The molecule has 5 heteroatoms. The van der Waals surface area contributed by atoms with Crippen molar-refractivity contribution < 1.29 is 9.32 Å². The summed E-state index contributed by atoms with van der Waals surface area (Å²) >= 11 is 0. The van der Waals surface area contributed by atoms with E-state index in [0.29, 0.717) is 12.3 Å². The van der Waals surface area contributed by atoms with Gasteiger partial charge in [0.1, 0.15) is 0 Å². The van der Waals surface area contributed by atoms with Crippen LogP contribution in [0.25, 0.3) is 0 Å². The molecule has 1 fully saturated rings. The van der Waals surface area contributed by atoms with E-state index in [4.69, 9.17) is 4.52 Å². The van der Waals surface area contributed by atoms with E-state index < -0.39 is 0 Å². The van der Waals surface area contributed by atoms with Crippen LogP contribution in [0.2, 0.25) is 0 Å². The Morgan fingerprint density at radius 2 is 2.50 bits per heavy atom. The molecule has 0 aliphatic carbocycles. The summed E-state index contributed by atoms with van der Waals surface area (Å²) in [6, 6.07) is 1.65. The minimum absolute atomic E-state index is 0.180. The molecule has 2 rings (SSSR count). The number of nitrogens with zero attached hydrogens (tertiary/aromatic N) is 2. The van der Waals surface area contributed by atoms with E-state index in [2.05, 4.69) is 22.3 Å². The Labute approximate surface area is 108 Å². The van der Waals surface area contributed by atoms with Gasteiger partial charge in [0.2, 0.25) is 5.76 Å². The van der Waals surface area contributed by atoms with Gasteiger partial charge in [0.05, 0.1) is 5.69 Å². The molecule has 100 valence electrons. The molecule has 18 heavy (non-hydrogen) atoms. The molecule has 1 aromatic rings. The number of aromatic nitrogens is 1. The third-order valence-electron chi connectivity index (χ3n) is 3.31. The molecule has 0 radical (unpaired) electrons. The van der Waals surface area contributed by atoms with Crippen molar-refractivity contribution in [2.45, 2.75) is 26.7 Å². The Balaban J connectivity index is 1.70. The van der Waals surface area contributed by atoms with Crippen LogP contribution in [0.1, 0.15) is 36.0 Å². The highest BCUT2D eigenvalue weighted by Crippen LogP contribution is 2.14. The highest BCUT2D eigenvalue weighted by atomic mass is 16.5. The molecule has 5 nitrogen and oxygen atoms in total. The average molecular weight is 251 g/mol. The molecule has 1 amide bonds. The zero-order valence-corrected chi connectivity index (χ0v) is 11.1. The van der Waals surface area contributed by atoms with Crippen molar-refractivity contribution in [2.75, 3.05) is 26.2 Å². The van der Waals surface area contributed by atoms with Crippen LogP contribution in [0.5, 0.6) is 0 Å². The lowest BCUT2D eigenvalue weighted by Gasteiger charge is -2.30. The van der Waals surface area contributed by atoms with Gasteiger partial charge in [-0.25, -0.2) is 0 Å². The third kappa shape index (κ3) is 3.57. The van der Waals surface area contributed by atoms with Crippen molar-refractivity contribution in [3.05, 3.63) is 17.5 Å². The summed E-state index contributed by atoms with van der Waals surface area (Å²) in [6.45, 7) is 7.92. The van der Waals surface area contributed by atoms with Crippen molar-refractivity contribution in [3.63, 3.8) is 0 Å². The number of carbonyl (C=O) groups excluding carboxylic acids is 1. The van der Waals surface area contributed by atoms with Crippen molar-refractivity contribution in [3.8, 4) is 0 Å². The number of nitrogens with one attached hydrogen (secondary N) is 1. The van der Waals surface area contributed by atoms with Gasteiger partial charge in [-0.05, 0) is 32.2 Å². The number of hydrogen-bond acceptors (Lipinski definition) is 4. The molecule has 0 spiro atoms. The zero-order chi connectivity index (χ0) is 13.0. The molecule has 0 saturated carbocycles. The first-order chi connectivity index (χ1) is 8.65. The molecule has 1 aliphatic rings. The summed E-state index contributed by atoms with van der Waals surface area (Å²) < 4.78 is 4.91. The standard InChI is InChI=1S/C13H21N3O2/c1-10-4-3-6-16(9-10)7-5-14-13(17)12-8-11(2)15-18-12/h8,10H,3-7,9H2,1-2H3,(H,14,17). The van der Waals surface area contributed by atoms with Crippen LogP contribution in [0.4, 0.5) is 0 Å². The lowest BCUT2D eigenvalue weighted by molar-refractivity contribution is 0.0907. The van der Waals surface area contributed by atoms with Crippen molar-refractivity contribution in [1.29, 1.82) is 0 Å². The highest BCUT2D eigenvalue weighted by molar-refractivity contribution is 5.91. The Morgan fingerprint density at radius 1 is 1.67 bits per heavy atom. The lowest BCUT2D eigenvalue weighted by Crippen LogP contribution is -2.40. The van der Waals surface area contributed by atoms with E-state index >= 15 is 0 Å². The first-order valence-electron chi connectivity index (χ1n) is 6.59. The van der Waals surface area contributed by atoms with E-state index in [-0.39, 0.29) is 5.91 Å². The molecular weight excluding hydrogens is 230 g/mol. The number of carbonyl (C=O) groups is 1. The minimum atomic E-state index is -0.180.